The third-order valence-corrected chi connectivity index (χ3v) is 5.15. The number of benzene rings is 1. The molecule has 0 saturated heterocycles. The van der Waals surface area contributed by atoms with E-state index in [1.807, 2.05) is 28.9 Å². The summed E-state index contributed by atoms with van der Waals surface area (Å²) in [5.41, 5.74) is 3.68. The summed E-state index contributed by atoms with van der Waals surface area (Å²) in [4.78, 5) is 20.4. The fourth-order valence-electron chi connectivity index (χ4n) is 3.52. The molecule has 1 aromatic carbocycles. The predicted octanol–water partition coefficient (Wildman–Crippen LogP) is 1.96. The lowest BCUT2D eigenvalue weighted by atomic mass is 10.1. The van der Waals surface area contributed by atoms with Gasteiger partial charge in [-0.15, -0.1) is 0 Å². The van der Waals surface area contributed by atoms with Crippen molar-refractivity contribution in [1.82, 2.24) is 24.6 Å². The van der Waals surface area contributed by atoms with Gasteiger partial charge >= 0.3 is 0 Å². The van der Waals surface area contributed by atoms with Crippen LogP contribution in [-0.4, -0.2) is 56.2 Å². The van der Waals surface area contributed by atoms with Gasteiger partial charge in [0.05, 0.1) is 35.6 Å². The molecule has 7 heteroatoms. The average Bonchev–Trinajstić information content (AvgIpc) is 3.11. The van der Waals surface area contributed by atoms with Crippen LogP contribution in [0.4, 0.5) is 0 Å². The summed E-state index contributed by atoms with van der Waals surface area (Å²) in [7, 11) is 3.37. The molecule has 0 radical (unpaired) electrons. The van der Waals surface area contributed by atoms with E-state index in [0.29, 0.717) is 5.69 Å². The molecule has 2 aromatic heterocycles. The SMILES string of the molecule is CN(C)C(=O)CC(O)c1cc2n(n1)CCN(Cc1ccc3ccccc3n1)C2. The van der Waals surface area contributed by atoms with Crippen LogP contribution >= 0.6 is 0 Å². The van der Waals surface area contributed by atoms with Crippen LogP contribution in [0.15, 0.2) is 42.5 Å². The highest BCUT2D eigenvalue weighted by atomic mass is 16.3. The lowest BCUT2D eigenvalue weighted by Gasteiger charge is -2.27. The number of aliphatic hydroxyl groups is 1. The number of carbonyl (C=O) groups excluding carboxylic acids is 1. The second-order valence-electron chi connectivity index (χ2n) is 7.50. The van der Waals surface area contributed by atoms with Gasteiger partial charge < -0.3 is 10.0 Å². The Labute approximate surface area is 164 Å². The van der Waals surface area contributed by atoms with Crippen LogP contribution in [0, 0.1) is 0 Å². The van der Waals surface area contributed by atoms with Gasteiger partial charge in [-0.25, -0.2) is 0 Å². The van der Waals surface area contributed by atoms with E-state index in [2.05, 4.69) is 28.2 Å². The van der Waals surface area contributed by atoms with E-state index >= 15 is 0 Å². The molecule has 0 aliphatic carbocycles. The van der Waals surface area contributed by atoms with Crippen LogP contribution in [0.3, 0.4) is 0 Å². The highest BCUT2D eigenvalue weighted by Gasteiger charge is 2.23. The maximum Gasteiger partial charge on any atom is 0.225 e. The quantitative estimate of drug-likeness (QED) is 0.734. The van der Waals surface area contributed by atoms with Crippen LogP contribution < -0.4 is 0 Å². The molecule has 1 unspecified atom stereocenters. The zero-order valence-corrected chi connectivity index (χ0v) is 16.2. The Hall–Kier alpha value is -2.77. The summed E-state index contributed by atoms with van der Waals surface area (Å²) in [6.45, 7) is 3.15. The lowest BCUT2D eigenvalue weighted by molar-refractivity contribution is -0.130. The van der Waals surface area contributed by atoms with Crippen molar-refractivity contribution in [3.05, 3.63) is 59.5 Å². The molecule has 3 aromatic rings. The first-order valence-corrected chi connectivity index (χ1v) is 9.51. The maximum atomic E-state index is 11.8. The Balaban J connectivity index is 1.44. The van der Waals surface area contributed by atoms with Gasteiger partial charge in [0.15, 0.2) is 0 Å². The minimum atomic E-state index is -0.872. The van der Waals surface area contributed by atoms with E-state index < -0.39 is 6.10 Å². The van der Waals surface area contributed by atoms with Gasteiger partial charge in [0, 0.05) is 39.1 Å². The molecule has 1 N–H and O–H groups in total. The Bertz CT molecular complexity index is 997. The molecule has 3 heterocycles. The van der Waals surface area contributed by atoms with Gasteiger partial charge in [0.25, 0.3) is 0 Å². The first kappa shape index (κ1) is 18.6. The van der Waals surface area contributed by atoms with Crippen molar-refractivity contribution in [2.75, 3.05) is 20.6 Å². The van der Waals surface area contributed by atoms with Crippen molar-refractivity contribution >= 4 is 16.8 Å². The molecule has 0 spiro atoms. The van der Waals surface area contributed by atoms with Crippen molar-refractivity contribution in [3.8, 4) is 0 Å². The minimum absolute atomic E-state index is 0.0498. The third kappa shape index (κ3) is 3.90. The van der Waals surface area contributed by atoms with Crippen molar-refractivity contribution in [3.63, 3.8) is 0 Å². The molecule has 4 rings (SSSR count). The molecule has 28 heavy (non-hydrogen) atoms. The summed E-state index contributed by atoms with van der Waals surface area (Å²) >= 11 is 0. The van der Waals surface area contributed by atoms with Gasteiger partial charge in [0.1, 0.15) is 6.10 Å². The number of para-hydroxylation sites is 1. The number of pyridine rings is 1. The molecule has 0 saturated carbocycles. The van der Waals surface area contributed by atoms with E-state index in [-0.39, 0.29) is 12.3 Å². The van der Waals surface area contributed by atoms with Crippen LogP contribution in [0.25, 0.3) is 10.9 Å². The van der Waals surface area contributed by atoms with Crippen molar-refractivity contribution in [2.24, 2.45) is 0 Å². The molecule has 146 valence electrons. The number of amides is 1. The maximum absolute atomic E-state index is 11.8. The number of hydrogen-bond acceptors (Lipinski definition) is 5. The molecule has 1 atom stereocenters. The zero-order valence-electron chi connectivity index (χ0n) is 16.2. The Morgan fingerprint density at radius 1 is 1.21 bits per heavy atom. The summed E-state index contributed by atoms with van der Waals surface area (Å²) in [6.07, 6.45) is -0.822. The Kier molecular flexibility index (Phi) is 5.11. The van der Waals surface area contributed by atoms with Crippen molar-refractivity contribution < 1.29 is 9.90 Å². The second-order valence-corrected chi connectivity index (χ2v) is 7.50. The van der Waals surface area contributed by atoms with Gasteiger partial charge in [-0.1, -0.05) is 24.3 Å². The van der Waals surface area contributed by atoms with Gasteiger partial charge in [-0.3, -0.25) is 19.4 Å². The van der Waals surface area contributed by atoms with Gasteiger partial charge in [-0.2, -0.15) is 5.10 Å². The summed E-state index contributed by atoms with van der Waals surface area (Å²) in [5.74, 6) is -0.109. The highest BCUT2D eigenvalue weighted by Crippen LogP contribution is 2.22. The number of carbonyl (C=O) groups is 1. The molecular formula is C21H25N5O2. The number of aliphatic hydroxyl groups excluding tert-OH is 1. The molecule has 0 fully saturated rings. The Morgan fingerprint density at radius 3 is 2.86 bits per heavy atom. The molecule has 1 amide bonds. The number of nitrogens with zero attached hydrogens (tertiary/aromatic N) is 5. The molecule has 1 aliphatic rings. The summed E-state index contributed by atoms with van der Waals surface area (Å²) in [6, 6.07) is 14.2. The van der Waals surface area contributed by atoms with Crippen LogP contribution in [0.2, 0.25) is 0 Å². The number of fused-ring (bicyclic) bond motifs is 2. The fraction of sp³-hybridized carbons (Fsp3) is 0.381. The first-order chi connectivity index (χ1) is 13.5. The second kappa shape index (κ2) is 7.69. The summed E-state index contributed by atoms with van der Waals surface area (Å²) in [5, 5.41) is 16.0. The van der Waals surface area contributed by atoms with Crippen LogP contribution in [0.1, 0.15) is 29.6 Å². The molecule has 0 bridgehead atoms. The zero-order chi connectivity index (χ0) is 19.7. The molecule has 1 aliphatic heterocycles. The van der Waals surface area contributed by atoms with E-state index in [4.69, 9.17) is 4.98 Å². The van der Waals surface area contributed by atoms with Gasteiger partial charge in [0.2, 0.25) is 5.91 Å². The first-order valence-electron chi connectivity index (χ1n) is 9.51. The largest absolute Gasteiger partial charge is 0.386 e. The van der Waals surface area contributed by atoms with Crippen molar-refractivity contribution in [1.29, 1.82) is 0 Å². The smallest absolute Gasteiger partial charge is 0.225 e. The number of aromatic nitrogens is 3. The summed E-state index contributed by atoms with van der Waals surface area (Å²) < 4.78 is 1.93. The van der Waals surface area contributed by atoms with Crippen LogP contribution in [0.5, 0.6) is 0 Å². The van der Waals surface area contributed by atoms with Crippen molar-refractivity contribution in [2.45, 2.75) is 32.2 Å². The molecule has 7 nitrogen and oxygen atoms in total. The van der Waals surface area contributed by atoms with Gasteiger partial charge in [-0.05, 0) is 18.2 Å². The highest BCUT2D eigenvalue weighted by molar-refractivity contribution is 5.78. The van der Waals surface area contributed by atoms with Crippen LogP contribution in [-0.2, 0) is 24.4 Å². The standard InChI is InChI=1S/C21H25N5O2/c1-24(2)21(28)12-20(27)19-11-17-14-25(9-10-26(17)23-19)13-16-8-7-15-5-3-4-6-18(15)22-16/h3-8,11,20,27H,9-10,12-14H2,1-2H3. The number of rotatable bonds is 5. The average molecular weight is 379 g/mol. The third-order valence-electron chi connectivity index (χ3n) is 5.15. The normalized spacial score (nSPS) is 15.4. The lowest BCUT2D eigenvalue weighted by Crippen LogP contribution is -2.33. The van der Waals surface area contributed by atoms with E-state index in [0.717, 1.165) is 48.5 Å². The van der Waals surface area contributed by atoms with E-state index in [1.54, 1.807) is 14.1 Å². The monoisotopic (exact) mass is 379 g/mol. The molecular weight excluding hydrogens is 354 g/mol. The Morgan fingerprint density at radius 2 is 2.04 bits per heavy atom. The topological polar surface area (TPSA) is 74.5 Å². The fourth-order valence-corrected chi connectivity index (χ4v) is 3.52. The van der Waals surface area contributed by atoms with E-state index in [9.17, 15) is 9.90 Å². The van der Waals surface area contributed by atoms with E-state index in [1.165, 1.54) is 4.90 Å². The predicted molar refractivity (Wildman–Crippen MR) is 106 cm³/mol. The minimum Gasteiger partial charge on any atom is -0.386 e. The number of hydrogen-bond donors (Lipinski definition) is 1.